The summed E-state index contributed by atoms with van der Waals surface area (Å²) in [7, 11) is 0. The zero-order valence-electron chi connectivity index (χ0n) is 15.1. The van der Waals surface area contributed by atoms with Gasteiger partial charge >= 0.3 is 0 Å². The number of thiophene rings is 2. The minimum Gasteiger partial charge on any atom is -0.135 e. The standard InChI is InChI=1S/C26H16S2/c1-5-11-23-17(7-1)15-25(27-23)21-13-14-22(20-10-4-3-9-19(20)21)26-16-18-8-2-6-12-24(18)28-26/h1-16H. The van der Waals surface area contributed by atoms with Crippen molar-refractivity contribution in [2.24, 2.45) is 0 Å². The molecule has 0 aliphatic heterocycles. The third-order valence-electron chi connectivity index (χ3n) is 5.31. The maximum atomic E-state index is 2.32. The van der Waals surface area contributed by atoms with Crippen LogP contribution in [0.25, 0.3) is 51.8 Å². The van der Waals surface area contributed by atoms with Crippen molar-refractivity contribution in [1.29, 1.82) is 0 Å². The summed E-state index contributed by atoms with van der Waals surface area (Å²) in [6.07, 6.45) is 0. The van der Waals surface area contributed by atoms with Gasteiger partial charge < -0.3 is 0 Å². The van der Waals surface area contributed by atoms with Crippen molar-refractivity contribution in [2.75, 3.05) is 0 Å². The first kappa shape index (κ1) is 16.1. The van der Waals surface area contributed by atoms with Gasteiger partial charge in [0.05, 0.1) is 0 Å². The summed E-state index contributed by atoms with van der Waals surface area (Å²) in [6.45, 7) is 0. The number of rotatable bonds is 2. The molecule has 0 N–H and O–H groups in total. The fraction of sp³-hybridized carbons (Fsp3) is 0. The van der Waals surface area contributed by atoms with Crippen LogP contribution < -0.4 is 0 Å². The van der Waals surface area contributed by atoms with Gasteiger partial charge in [0.1, 0.15) is 0 Å². The maximum Gasteiger partial charge on any atom is 0.0361 e. The van der Waals surface area contributed by atoms with Crippen LogP contribution in [-0.4, -0.2) is 0 Å². The maximum absolute atomic E-state index is 2.32. The molecule has 2 heterocycles. The van der Waals surface area contributed by atoms with Crippen LogP contribution in [-0.2, 0) is 0 Å². The third-order valence-corrected chi connectivity index (χ3v) is 7.60. The Morgan fingerprint density at radius 2 is 0.857 bits per heavy atom. The van der Waals surface area contributed by atoms with Crippen molar-refractivity contribution in [3.63, 3.8) is 0 Å². The van der Waals surface area contributed by atoms with Crippen molar-refractivity contribution in [1.82, 2.24) is 0 Å². The van der Waals surface area contributed by atoms with E-state index in [0.717, 1.165) is 0 Å². The van der Waals surface area contributed by atoms with Gasteiger partial charge in [-0.15, -0.1) is 22.7 Å². The molecule has 0 amide bonds. The van der Waals surface area contributed by atoms with Crippen LogP contribution in [0.5, 0.6) is 0 Å². The Morgan fingerprint density at radius 3 is 1.32 bits per heavy atom. The summed E-state index contributed by atoms with van der Waals surface area (Å²) in [6, 6.07) is 35.3. The van der Waals surface area contributed by atoms with Crippen molar-refractivity contribution in [2.45, 2.75) is 0 Å². The van der Waals surface area contributed by atoms with E-state index >= 15 is 0 Å². The highest BCUT2D eigenvalue weighted by Crippen LogP contribution is 2.42. The van der Waals surface area contributed by atoms with Crippen LogP contribution in [0.3, 0.4) is 0 Å². The van der Waals surface area contributed by atoms with E-state index in [-0.39, 0.29) is 0 Å². The Kier molecular flexibility index (Phi) is 3.61. The van der Waals surface area contributed by atoms with Crippen molar-refractivity contribution >= 4 is 53.6 Å². The molecule has 0 radical (unpaired) electrons. The second kappa shape index (κ2) is 6.30. The van der Waals surface area contributed by atoms with Gasteiger partial charge in [0, 0.05) is 19.2 Å². The van der Waals surface area contributed by atoms with E-state index in [9.17, 15) is 0 Å². The molecule has 2 aromatic heterocycles. The van der Waals surface area contributed by atoms with E-state index in [2.05, 4.69) is 97.1 Å². The molecule has 4 aromatic carbocycles. The SMILES string of the molecule is c1ccc2sc(-c3ccc(-c4cc5ccccc5s4)c4ccccc34)cc2c1. The average Bonchev–Trinajstić information content (AvgIpc) is 3.37. The molecule has 0 nitrogen and oxygen atoms in total. The van der Waals surface area contributed by atoms with E-state index in [1.54, 1.807) is 0 Å². The van der Waals surface area contributed by atoms with Crippen LogP contribution in [0, 0.1) is 0 Å². The van der Waals surface area contributed by atoms with Crippen molar-refractivity contribution in [3.8, 4) is 20.9 Å². The molecule has 132 valence electrons. The van der Waals surface area contributed by atoms with Crippen molar-refractivity contribution in [3.05, 3.63) is 97.1 Å². The second-order valence-corrected chi connectivity index (χ2v) is 9.17. The summed E-state index contributed by atoms with van der Waals surface area (Å²) >= 11 is 3.75. The lowest BCUT2D eigenvalue weighted by atomic mass is 9.97. The highest BCUT2D eigenvalue weighted by molar-refractivity contribution is 7.22. The average molecular weight is 393 g/mol. The zero-order valence-corrected chi connectivity index (χ0v) is 16.7. The Balaban J connectivity index is 1.60. The van der Waals surface area contributed by atoms with Crippen molar-refractivity contribution < 1.29 is 0 Å². The summed E-state index contributed by atoms with van der Waals surface area (Å²) in [5.41, 5.74) is 2.64. The Labute approximate surface area is 171 Å². The Bertz CT molecular complexity index is 1290. The quantitative estimate of drug-likeness (QED) is 0.277. The lowest BCUT2D eigenvalue weighted by Gasteiger charge is -2.09. The van der Waals surface area contributed by atoms with Crippen LogP contribution in [0.1, 0.15) is 0 Å². The smallest absolute Gasteiger partial charge is 0.0361 e. The summed E-state index contributed by atoms with van der Waals surface area (Å²) < 4.78 is 2.69. The number of fused-ring (bicyclic) bond motifs is 3. The monoisotopic (exact) mass is 392 g/mol. The molecule has 0 aliphatic carbocycles. The van der Waals surface area contributed by atoms with E-state index < -0.39 is 0 Å². The molecule has 0 bridgehead atoms. The van der Waals surface area contributed by atoms with Gasteiger partial charge in [0.25, 0.3) is 0 Å². The van der Waals surface area contributed by atoms with Gasteiger partial charge in [0.2, 0.25) is 0 Å². The lowest BCUT2D eigenvalue weighted by molar-refractivity contribution is 1.73. The normalized spacial score (nSPS) is 11.6. The fourth-order valence-electron chi connectivity index (χ4n) is 3.96. The summed E-state index contributed by atoms with van der Waals surface area (Å²) in [5, 5.41) is 5.29. The molecular formula is C26H16S2. The highest BCUT2D eigenvalue weighted by atomic mass is 32.1. The number of hydrogen-bond acceptors (Lipinski definition) is 2. The molecule has 0 fully saturated rings. The molecular weight excluding hydrogens is 376 g/mol. The molecule has 6 rings (SSSR count). The van der Waals surface area contributed by atoms with Gasteiger partial charge in [-0.05, 0) is 56.9 Å². The molecule has 2 heteroatoms. The lowest BCUT2D eigenvalue weighted by Crippen LogP contribution is -1.82. The minimum atomic E-state index is 1.32. The number of benzene rings is 4. The van der Waals surface area contributed by atoms with E-state index in [1.165, 1.54) is 51.8 Å². The van der Waals surface area contributed by atoms with Gasteiger partial charge in [-0.25, -0.2) is 0 Å². The Hall–Kier alpha value is -2.94. The predicted octanol–water partition coefficient (Wildman–Crippen LogP) is 8.60. The topological polar surface area (TPSA) is 0 Å². The largest absolute Gasteiger partial charge is 0.135 e. The highest BCUT2D eigenvalue weighted by Gasteiger charge is 2.13. The first-order valence-electron chi connectivity index (χ1n) is 9.36. The molecule has 0 aliphatic rings. The summed E-state index contributed by atoms with van der Waals surface area (Å²) in [4.78, 5) is 2.67. The first-order chi connectivity index (χ1) is 13.9. The minimum absolute atomic E-state index is 1.32. The molecule has 0 saturated carbocycles. The van der Waals surface area contributed by atoms with Crippen LogP contribution in [0.2, 0.25) is 0 Å². The fourth-order valence-corrected chi connectivity index (χ4v) is 6.16. The first-order valence-corrected chi connectivity index (χ1v) is 11.0. The van der Waals surface area contributed by atoms with Crippen LogP contribution in [0.4, 0.5) is 0 Å². The van der Waals surface area contributed by atoms with Gasteiger partial charge in [-0.3, -0.25) is 0 Å². The number of hydrogen-bond donors (Lipinski definition) is 0. The van der Waals surface area contributed by atoms with Gasteiger partial charge in [-0.1, -0.05) is 72.8 Å². The molecule has 0 unspecified atom stereocenters. The van der Waals surface area contributed by atoms with Crippen LogP contribution >= 0.6 is 22.7 Å². The third kappa shape index (κ3) is 2.50. The molecule has 0 atom stereocenters. The van der Waals surface area contributed by atoms with Crippen LogP contribution in [0.15, 0.2) is 97.1 Å². The zero-order chi connectivity index (χ0) is 18.5. The predicted molar refractivity (Wildman–Crippen MR) is 126 cm³/mol. The van der Waals surface area contributed by atoms with E-state index in [0.29, 0.717) is 0 Å². The van der Waals surface area contributed by atoms with Gasteiger partial charge in [0.15, 0.2) is 0 Å². The molecule has 6 aromatic rings. The van der Waals surface area contributed by atoms with Gasteiger partial charge in [-0.2, -0.15) is 0 Å². The van der Waals surface area contributed by atoms with E-state index in [1.807, 2.05) is 22.7 Å². The molecule has 0 spiro atoms. The molecule has 28 heavy (non-hydrogen) atoms. The molecule has 0 saturated heterocycles. The summed E-state index contributed by atoms with van der Waals surface area (Å²) in [5.74, 6) is 0. The van der Waals surface area contributed by atoms with E-state index in [4.69, 9.17) is 0 Å². The second-order valence-electron chi connectivity index (χ2n) is 7.00. The Morgan fingerprint density at radius 1 is 0.429 bits per heavy atom.